The Balaban J connectivity index is 0.000000181. The maximum absolute atomic E-state index is 14.8. The SMILES string of the molecule is O=C1OCCN1C1(c2ccc(Oc3ccc(-n4ncc(NCC5(F)CCCOC5)c(Cl)c4=O)cn3)cc2)CC1.O=C1OCCN1C1(c2ccc(Oc3ccc(Br)cn3)cc2)CC1. The van der Waals surface area contributed by atoms with Crippen molar-refractivity contribution >= 4 is 45.4 Å². The summed E-state index contributed by atoms with van der Waals surface area (Å²) < 4.78 is 43.9. The predicted octanol–water partition coefficient (Wildman–Crippen LogP) is 8.52. The van der Waals surface area contributed by atoms with Crippen molar-refractivity contribution in [2.75, 3.05) is 51.4 Å². The molecular formula is C44H42BrClFN7O8. The van der Waals surface area contributed by atoms with Crippen LogP contribution in [0.2, 0.25) is 5.02 Å². The molecule has 6 heterocycles. The predicted molar refractivity (Wildman–Crippen MR) is 228 cm³/mol. The van der Waals surface area contributed by atoms with Crippen LogP contribution in [0.15, 0.2) is 101 Å². The Kier molecular flexibility index (Phi) is 11.5. The fraction of sp³-hybridized carbons (Fsp3) is 0.364. The molecule has 3 saturated heterocycles. The van der Waals surface area contributed by atoms with Crippen LogP contribution >= 0.6 is 27.5 Å². The molecular weight excluding hydrogens is 889 g/mol. The Hall–Kier alpha value is -5.78. The van der Waals surface area contributed by atoms with E-state index in [0.717, 1.165) is 51.7 Å². The summed E-state index contributed by atoms with van der Waals surface area (Å²) >= 11 is 9.63. The molecule has 3 aliphatic heterocycles. The molecule has 2 aromatic carbocycles. The topological polar surface area (TPSA) is 159 Å². The Morgan fingerprint density at radius 2 is 1.29 bits per heavy atom. The average Bonchev–Trinajstić information content (AvgIpc) is 4.19. The van der Waals surface area contributed by atoms with E-state index < -0.39 is 11.2 Å². The lowest BCUT2D eigenvalue weighted by molar-refractivity contribution is -0.0234. The van der Waals surface area contributed by atoms with Crippen molar-refractivity contribution in [3.8, 4) is 28.9 Å². The van der Waals surface area contributed by atoms with Gasteiger partial charge < -0.3 is 29.0 Å². The Morgan fingerprint density at radius 1 is 0.726 bits per heavy atom. The van der Waals surface area contributed by atoms with Crippen molar-refractivity contribution in [3.63, 3.8) is 0 Å². The zero-order valence-corrected chi connectivity index (χ0v) is 35.8. The number of carbonyl (C=O) groups is 2. The molecule has 10 rings (SSSR count). The van der Waals surface area contributed by atoms with Crippen LogP contribution in [0.3, 0.4) is 0 Å². The fourth-order valence-electron chi connectivity index (χ4n) is 8.07. The van der Waals surface area contributed by atoms with E-state index in [1.165, 1.54) is 12.4 Å². The molecule has 5 aliphatic rings. The zero-order valence-electron chi connectivity index (χ0n) is 33.4. The van der Waals surface area contributed by atoms with E-state index in [-0.39, 0.29) is 47.1 Å². The number of benzene rings is 2. The first-order chi connectivity index (χ1) is 30.0. The quantitative estimate of drug-likeness (QED) is 0.127. The molecule has 5 aromatic rings. The molecule has 1 atom stereocenters. The first-order valence-electron chi connectivity index (χ1n) is 20.4. The van der Waals surface area contributed by atoms with Gasteiger partial charge in [-0.25, -0.2) is 23.9 Å². The number of rotatable bonds is 12. The lowest BCUT2D eigenvalue weighted by Gasteiger charge is -2.29. The smallest absolute Gasteiger partial charge is 0.410 e. The highest BCUT2D eigenvalue weighted by Crippen LogP contribution is 2.53. The maximum atomic E-state index is 14.8. The first-order valence-corrected chi connectivity index (χ1v) is 21.5. The molecule has 0 radical (unpaired) electrons. The van der Waals surface area contributed by atoms with Crippen LogP contribution in [0.4, 0.5) is 19.7 Å². The number of nitrogens with zero attached hydrogens (tertiary/aromatic N) is 6. The Labute approximate surface area is 369 Å². The van der Waals surface area contributed by atoms with Gasteiger partial charge in [-0.3, -0.25) is 14.6 Å². The van der Waals surface area contributed by atoms with E-state index in [0.29, 0.717) is 68.9 Å². The number of ether oxygens (including phenoxy) is 5. The number of alkyl halides is 1. The number of aromatic nitrogens is 4. The molecule has 1 N–H and O–H groups in total. The lowest BCUT2D eigenvalue weighted by Crippen LogP contribution is -2.40. The third-order valence-corrected chi connectivity index (χ3v) is 12.5. The fourth-order valence-corrected chi connectivity index (χ4v) is 8.50. The Bertz CT molecular complexity index is 2480. The third kappa shape index (κ3) is 8.65. The maximum Gasteiger partial charge on any atom is 0.410 e. The van der Waals surface area contributed by atoms with E-state index in [2.05, 4.69) is 36.3 Å². The number of anilines is 1. The van der Waals surface area contributed by atoms with Gasteiger partial charge in [0.25, 0.3) is 5.56 Å². The van der Waals surface area contributed by atoms with Crippen molar-refractivity contribution in [1.29, 1.82) is 0 Å². The highest BCUT2D eigenvalue weighted by atomic mass is 79.9. The number of hydrogen-bond donors (Lipinski definition) is 1. The molecule has 1 unspecified atom stereocenters. The molecule has 2 saturated carbocycles. The summed E-state index contributed by atoms with van der Waals surface area (Å²) in [6, 6.07) is 22.4. The number of nitrogens with one attached hydrogen (secondary N) is 1. The second-order valence-corrected chi connectivity index (χ2v) is 17.1. The number of carbonyl (C=O) groups excluding carboxylic acids is 2. The van der Waals surface area contributed by atoms with Gasteiger partial charge >= 0.3 is 12.2 Å². The molecule has 18 heteroatoms. The summed E-state index contributed by atoms with van der Waals surface area (Å²) in [5.41, 5.74) is 0.295. The monoisotopic (exact) mass is 929 g/mol. The number of pyridine rings is 2. The second-order valence-electron chi connectivity index (χ2n) is 15.8. The van der Waals surface area contributed by atoms with Crippen LogP contribution in [0, 0.1) is 0 Å². The molecule has 0 spiro atoms. The minimum absolute atomic E-state index is 0.00215. The van der Waals surface area contributed by atoms with Crippen molar-refractivity contribution in [1.82, 2.24) is 29.5 Å². The molecule has 62 heavy (non-hydrogen) atoms. The summed E-state index contributed by atoms with van der Waals surface area (Å²) in [5, 5.41) is 6.97. The van der Waals surface area contributed by atoms with Gasteiger partial charge in [0, 0.05) is 29.4 Å². The molecule has 322 valence electrons. The summed E-state index contributed by atoms with van der Waals surface area (Å²) in [5.74, 6) is 2.19. The summed E-state index contributed by atoms with van der Waals surface area (Å²) in [7, 11) is 0. The number of cyclic esters (lactones) is 2. The normalized spacial score (nSPS) is 20.7. The molecule has 0 bridgehead atoms. The summed E-state index contributed by atoms with van der Waals surface area (Å²) in [6.07, 6.45) is 8.87. The molecule has 5 fully saturated rings. The highest BCUT2D eigenvalue weighted by Gasteiger charge is 2.54. The summed E-state index contributed by atoms with van der Waals surface area (Å²) in [4.78, 5) is 48.9. The van der Waals surface area contributed by atoms with Gasteiger partial charge in [0.1, 0.15) is 29.7 Å². The number of amides is 2. The van der Waals surface area contributed by atoms with Gasteiger partial charge in [-0.2, -0.15) is 9.78 Å². The van der Waals surface area contributed by atoms with E-state index in [4.69, 9.17) is 35.3 Å². The Morgan fingerprint density at radius 3 is 1.74 bits per heavy atom. The number of hydrogen-bond acceptors (Lipinski definition) is 12. The van der Waals surface area contributed by atoms with Crippen LogP contribution in [0.5, 0.6) is 23.3 Å². The number of halogens is 3. The van der Waals surface area contributed by atoms with E-state index in [1.807, 2.05) is 59.5 Å². The van der Waals surface area contributed by atoms with Crippen molar-refractivity contribution in [3.05, 3.63) is 122 Å². The van der Waals surface area contributed by atoms with Gasteiger partial charge in [-0.05, 0) is 102 Å². The first kappa shape index (κ1) is 41.6. The van der Waals surface area contributed by atoms with Gasteiger partial charge in [-0.1, -0.05) is 35.9 Å². The average molecular weight is 931 g/mol. The molecule has 2 aliphatic carbocycles. The van der Waals surface area contributed by atoms with Crippen LogP contribution < -0.4 is 20.3 Å². The van der Waals surface area contributed by atoms with Crippen LogP contribution in [0.25, 0.3) is 5.69 Å². The highest BCUT2D eigenvalue weighted by molar-refractivity contribution is 9.10. The van der Waals surface area contributed by atoms with Crippen molar-refractivity contribution < 1.29 is 37.7 Å². The van der Waals surface area contributed by atoms with Crippen molar-refractivity contribution in [2.45, 2.75) is 55.3 Å². The second kappa shape index (κ2) is 17.2. The van der Waals surface area contributed by atoms with Gasteiger partial charge in [0.05, 0.1) is 61.1 Å². The van der Waals surface area contributed by atoms with Crippen LogP contribution in [-0.4, -0.2) is 93.5 Å². The lowest BCUT2D eigenvalue weighted by atomic mass is 9.99. The standard InChI is InChI=1S/C27H27ClFN5O5.C17H15BrN2O3/c28-23-21(31-16-26(29)8-1-12-37-17-26)15-32-34(24(23)35)19-4-7-22(30-14-19)39-20-5-2-18(3-6-20)27(9-10-27)33-11-13-38-25(33)36;18-13-3-6-15(19-11-13)23-14-4-1-12(2-5-14)17(7-8-17)20-9-10-22-16(20)21/h2-7,14-15,31H,1,8-13,16-17H2;1-6,11H,7-10H2. The molecule has 2 amide bonds. The molecule has 15 nitrogen and oxygen atoms in total. The largest absolute Gasteiger partial charge is 0.448 e. The zero-order chi connectivity index (χ0) is 42.9. The minimum Gasteiger partial charge on any atom is -0.448 e. The van der Waals surface area contributed by atoms with E-state index in [1.54, 1.807) is 29.3 Å². The van der Waals surface area contributed by atoms with E-state index in [9.17, 15) is 18.8 Å². The van der Waals surface area contributed by atoms with Crippen molar-refractivity contribution in [2.24, 2.45) is 0 Å². The van der Waals surface area contributed by atoms with Gasteiger partial charge in [0.15, 0.2) is 5.67 Å². The van der Waals surface area contributed by atoms with Crippen LogP contribution in [0.1, 0.15) is 49.7 Å². The van der Waals surface area contributed by atoms with E-state index >= 15 is 0 Å². The minimum atomic E-state index is -1.52. The molecule has 3 aromatic heterocycles. The third-order valence-electron chi connectivity index (χ3n) is 11.7. The van der Waals surface area contributed by atoms with Gasteiger partial charge in [0.2, 0.25) is 11.8 Å². The van der Waals surface area contributed by atoms with Gasteiger partial charge in [-0.15, -0.1) is 0 Å². The van der Waals surface area contributed by atoms with Crippen LogP contribution in [-0.2, 0) is 25.3 Å². The summed E-state index contributed by atoms with van der Waals surface area (Å²) in [6.45, 7) is 2.70.